The number of carboxylic acid groups (broad SMARTS) is 1. The fourth-order valence-electron chi connectivity index (χ4n) is 7.69. The molecule has 2 atom stereocenters. The Labute approximate surface area is 450 Å². The number of unbranched alkanes of at least 4 members (excludes halogenated alkanes) is 2. The Morgan fingerprint density at radius 2 is 1.00 bits per heavy atom. The SMILES string of the molecule is CCCC(=O)N[C@@H](CCCCNC(=O)OCc1ccccc1)C(=O)N(Cc1cccs1)Cc1cccs1.CCOC(=O)N[C@@H](CCCCN(Cc1ccccc1)C(=O)O)C(=O)N(Cc1cccs1)Cc1cccs1. The second-order valence-electron chi connectivity index (χ2n) is 17.2. The van der Waals surface area contributed by atoms with E-state index < -0.39 is 30.4 Å². The Morgan fingerprint density at radius 3 is 1.45 bits per heavy atom. The lowest BCUT2D eigenvalue weighted by Crippen LogP contribution is -2.48. The highest BCUT2D eigenvalue weighted by Gasteiger charge is 2.29. The zero-order chi connectivity index (χ0) is 52.8. The van der Waals surface area contributed by atoms with E-state index in [-0.39, 0.29) is 30.9 Å². The van der Waals surface area contributed by atoms with Crippen molar-refractivity contribution in [1.29, 1.82) is 0 Å². The van der Waals surface area contributed by atoms with Gasteiger partial charge in [0.05, 0.1) is 32.8 Å². The third-order valence-corrected chi connectivity index (χ3v) is 14.8. The Morgan fingerprint density at radius 1 is 0.527 bits per heavy atom. The van der Waals surface area contributed by atoms with Crippen LogP contribution in [0.5, 0.6) is 0 Å². The predicted molar refractivity (Wildman–Crippen MR) is 294 cm³/mol. The molecule has 6 amide bonds. The normalized spacial score (nSPS) is 11.5. The third-order valence-electron chi connectivity index (χ3n) is 11.4. The summed E-state index contributed by atoms with van der Waals surface area (Å²) >= 11 is 6.39. The molecular formula is C55H68N6O9S4. The molecule has 19 heteroatoms. The summed E-state index contributed by atoms with van der Waals surface area (Å²) in [5.74, 6) is -0.383. The number of benzene rings is 2. The monoisotopic (exact) mass is 1080 g/mol. The number of hydrogen-bond donors (Lipinski definition) is 4. The van der Waals surface area contributed by atoms with Gasteiger partial charge in [-0.25, -0.2) is 14.4 Å². The van der Waals surface area contributed by atoms with Gasteiger partial charge in [0.15, 0.2) is 0 Å². The highest BCUT2D eigenvalue weighted by Crippen LogP contribution is 2.22. The number of alkyl carbamates (subject to hydrolysis) is 2. The average molecular weight is 1090 g/mol. The van der Waals surface area contributed by atoms with Crippen molar-refractivity contribution in [3.63, 3.8) is 0 Å². The molecule has 0 fully saturated rings. The van der Waals surface area contributed by atoms with Crippen LogP contribution < -0.4 is 16.0 Å². The summed E-state index contributed by atoms with van der Waals surface area (Å²) in [6.45, 7) is 7.04. The van der Waals surface area contributed by atoms with Crippen molar-refractivity contribution in [2.45, 2.75) is 117 Å². The molecule has 0 radical (unpaired) electrons. The van der Waals surface area contributed by atoms with Gasteiger partial charge in [0, 0.05) is 45.6 Å². The quantitative estimate of drug-likeness (QED) is 0.0332. The first kappa shape index (κ1) is 58.4. The molecule has 0 unspecified atom stereocenters. The molecule has 4 N–H and O–H groups in total. The van der Waals surface area contributed by atoms with Gasteiger partial charge in [-0.3, -0.25) is 14.4 Å². The van der Waals surface area contributed by atoms with E-state index >= 15 is 0 Å². The minimum Gasteiger partial charge on any atom is -0.465 e. The van der Waals surface area contributed by atoms with Crippen molar-refractivity contribution >= 4 is 81.3 Å². The number of rotatable bonds is 29. The topological polar surface area (TPSA) is 187 Å². The summed E-state index contributed by atoms with van der Waals surface area (Å²) in [6, 6.07) is 33.4. The summed E-state index contributed by atoms with van der Waals surface area (Å²) in [6.07, 6.45) is 2.36. The highest BCUT2D eigenvalue weighted by atomic mass is 32.1. The van der Waals surface area contributed by atoms with Crippen LogP contribution in [0.25, 0.3) is 0 Å². The first-order valence-corrected chi connectivity index (χ1v) is 28.4. The summed E-state index contributed by atoms with van der Waals surface area (Å²) < 4.78 is 10.3. The van der Waals surface area contributed by atoms with Crippen molar-refractivity contribution in [1.82, 2.24) is 30.7 Å². The summed E-state index contributed by atoms with van der Waals surface area (Å²) in [5.41, 5.74) is 1.84. The number of carbonyl (C=O) groups excluding carboxylic acids is 5. The van der Waals surface area contributed by atoms with E-state index in [9.17, 15) is 33.9 Å². The number of nitrogens with one attached hydrogen (secondary N) is 3. The van der Waals surface area contributed by atoms with E-state index in [1.807, 2.05) is 143 Å². The van der Waals surface area contributed by atoms with E-state index in [0.29, 0.717) is 90.8 Å². The van der Waals surface area contributed by atoms with E-state index in [0.717, 1.165) is 37.1 Å². The molecule has 6 aromatic rings. The number of nitrogens with zero attached hydrogens (tertiary/aromatic N) is 3. The molecule has 74 heavy (non-hydrogen) atoms. The van der Waals surface area contributed by atoms with Crippen molar-refractivity contribution in [2.24, 2.45) is 0 Å². The lowest BCUT2D eigenvalue weighted by atomic mass is 10.1. The van der Waals surface area contributed by atoms with Crippen LogP contribution in [0.2, 0.25) is 0 Å². The number of hydrogen-bond acceptors (Lipinski definition) is 12. The molecule has 15 nitrogen and oxygen atoms in total. The van der Waals surface area contributed by atoms with Crippen LogP contribution in [0, 0.1) is 0 Å². The van der Waals surface area contributed by atoms with Crippen LogP contribution in [0.15, 0.2) is 131 Å². The molecule has 0 bridgehead atoms. The van der Waals surface area contributed by atoms with Gasteiger partial charge in [-0.1, -0.05) is 91.9 Å². The maximum Gasteiger partial charge on any atom is 0.407 e. The van der Waals surface area contributed by atoms with E-state index in [1.165, 1.54) is 4.90 Å². The molecule has 0 saturated carbocycles. The summed E-state index contributed by atoms with van der Waals surface area (Å²) in [4.78, 5) is 85.0. The number of carbonyl (C=O) groups is 6. The first-order chi connectivity index (χ1) is 36.0. The van der Waals surface area contributed by atoms with Crippen molar-refractivity contribution in [3.8, 4) is 0 Å². The summed E-state index contributed by atoms with van der Waals surface area (Å²) in [7, 11) is 0. The predicted octanol–water partition coefficient (Wildman–Crippen LogP) is 11.5. The highest BCUT2D eigenvalue weighted by molar-refractivity contribution is 7.10. The lowest BCUT2D eigenvalue weighted by Gasteiger charge is -2.27. The van der Waals surface area contributed by atoms with Crippen molar-refractivity contribution < 1.29 is 43.3 Å². The maximum absolute atomic E-state index is 13.7. The van der Waals surface area contributed by atoms with Gasteiger partial charge in [0.1, 0.15) is 18.7 Å². The molecule has 0 aliphatic rings. The Hall–Kier alpha value is -6.54. The Kier molecular flexibility index (Phi) is 26.3. The number of ether oxygens (including phenoxy) is 2. The van der Waals surface area contributed by atoms with Gasteiger partial charge in [0.2, 0.25) is 17.7 Å². The molecule has 0 spiro atoms. The van der Waals surface area contributed by atoms with E-state index in [4.69, 9.17) is 9.47 Å². The van der Waals surface area contributed by atoms with Gasteiger partial charge in [0.25, 0.3) is 0 Å². The molecule has 4 aromatic heterocycles. The van der Waals surface area contributed by atoms with Gasteiger partial charge in [-0.2, -0.15) is 0 Å². The van der Waals surface area contributed by atoms with Crippen molar-refractivity contribution in [3.05, 3.63) is 161 Å². The van der Waals surface area contributed by atoms with Crippen LogP contribution in [0.1, 0.15) is 95.8 Å². The second-order valence-corrected chi connectivity index (χ2v) is 21.3. The number of amides is 6. The Bertz CT molecular complexity index is 2440. The second kappa shape index (κ2) is 33.3. The molecule has 2 aromatic carbocycles. The molecule has 0 saturated heterocycles. The fourth-order valence-corrected chi connectivity index (χ4v) is 10.6. The van der Waals surface area contributed by atoms with Gasteiger partial charge >= 0.3 is 18.3 Å². The van der Waals surface area contributed by atoms with Crippen LogP contribution >= 0.6 is 45.3 Å². The Balaban J connectivity index is 0.000000274. The van der Waals surface area contributed by atoms with Crippen LogP contribution in [-0.2, 0) is 63.2 Å². The number of thiophene rings is 4. The molecular weight excluding hydrogens is 1020 g/mol. The van der Waals surface area contributed by atoms with Gasteiger partial charge in [-0.15, -0.1) is 45.3 Å². The van der Waals surface area contributed by atoms with Crippen LogP contribution in [0.4, 0.5) is 14.4 Å². The van der Waals surface area contributed by atoms with Crippen molar-refractivity contribution in [2.75, 3.05) is 19.7 Å². The molecule has 6 rings (SSSR count). The third kappa shape index (κ3) is 21.9. The van der Waals surface area contributed by atoms with E-state index in [1.54, 1.807) is 57.2 Å². The maximum atomic E-state index is 13.7. The minimum absolute atomic E-state index is 0.0820. The molecule has 396 valence electrons. The summed E-state index contributed by atoms with van der Waals surface area (Å²) in [5, 5.41) is 26.0. The van der Waals surface area contributed by atoms with E-state index in [2.05, 4.69) is 16.0 Å². The van der Waals surface area contributed by atoms with Crippen LogP contribution in [-0.4, -0.2) is 87.6 Å². The molecule has 4 heterocycles. The van der Waals surface area contributed by atoms with Crippen LogP contribution in [0.3, 0.4) is 0 Å². The molecule has 0 aliphatic carbocycles. The molecule has 0 aliphatic heterocycles. The zero-order valence-electron chi connectivity index (χ0n) is 42.1. The zero-order valence-corrected chi connectivity index (χ0v) is 45.3. The fraction of sp³-hybridized carbons (Fsp3) is 0.382. The van der Waals surface area contributed by atoms with Gasteiger partial charge in [-0.05, 0) is 109 Å². The smallest absolute Gasteiger partial charge is 0.407 e. The largest absolute Gasteiger partial charge is 0.465 e. The standard InChI is InChI=1S/C28H35N3O4S2.C27H33N3O5S2/c1-2-10-26(32)30-25(15-6-7-16-29-28(34)35-21-22-11-4-3-5-12-22)27(33)31(19-23-13-8-17-36-23)20-24-14-9-18-37-24;1-2-35-26(32)28-24(14-6-7-15-29(27(33)34)18-21-10-4-3-5-11-21)25(31)30(19-22-12-8-16-36-22)20-23-13-9-17-37-23/h3-5,8-9,11-14,17-18,25H,2,6-7,10,15-16,19-21H2,1H3,(H,29,34)(H,30,32);3-5,8-13,16-17,24H,2,6-7,14-15,18-20H2,1H3,(H,28,32)(H,33,34)/t25-;24-/m00/s1. The average Bonchev–Trinajstić information content (AvgIpc) is 4.28. The minimum atomic E-state index is -0.987. The van der Waals surface area contributed by atoms with Gasteiger partial charge < -0.3 is 45.2 Å². The lowest BCUT2D eigenvalue weighted by molar-refractivity contribution is -0.137. The first-order valence-electron chi connectivity index (χ1n) is 24.9.